The van der Waals surface area contributed by atoms with Crippen LogP contribution in [-0.4, -0.2) is 19.9 Å². The zero-order chi connectivity index (χ0) is 15.0. The number of imidazole rings is 1. The highest BCUT2D eigenvalue weighted by Crippen LogP contribution is 2.30. The van der Waals surface area contributed by atoms with E-state index in [1.54, 1.807) is 0 Å². The Hall–Kier alpha value is -2.84. The summed E-state index contributed by atoms with van der Waals surface area (Å²) in [5.74, 6) is 0.360. The number of H-pyrrole nitrogens is 1. The average Bonchev–Trinajstić information content (AvgIpc) is 2.87. The van der Waals surface area contributed by atoms with Crippen LogP contribution in [0.1, 0.15) is 5.56 Å². The van der Waals surface area contributed by atoms with Crippen LogP contribution in [0.25, 0.3) is 11.2 Å². The van der Waals surface area contributed by atoms with Gasteiger partial charge in [0.2, 0.25) is 5.95 Å². The third-order valence-corrected chi connectivity index (χ3v) is 2.78. The van der Waals surface area contributed by atoms with Crippen molar-refractivity contribution in [2.24, 2.45) is 0 Å². The molecule has 0 radical (unpaired) electrons. The first-order chi connectivity index (χ1) is 9.93. The average molecular weight is 294 g/mol. The first-order valence-electron chi connectivity index (χ1n) is 5.84. The van der Waals surface area contributed by atoms with Crippen molar-refractivity contribution in [2.75, 3.05) is 11.1 Å². The van der Waals surface area contributed by atoms with Crippen LogP contribution in [0.4, 0.5) is 30.6 Å². The monoisotopic (exact) mass is 294 g/mol. The van der Waals surface area contributed by atoms with Crippen molar-refractivity contribution < 1.29 is 13.2 Å². The maximum absolute atomic E-state index is 12.5. The molecule has 3 rings (SSSR count). The summed E-state index contributed by atoms with van der Waals surface area (Å²) in [6.07, 6.45) is -2.94. The summed E-state index contributed by atoms with van der Waals surface area (Å²) >= 11 is 0. The molecule has 0 atom stereocenters. The van der Waals surface area contributed by atoms with Crippen molar-refractivity contribution in [3.63, 3.8) is 0 Å². The first-order valence-corrected chi connectivity index (χ1v) is 5.84. The quantitative estimate of drug-likeness (QED) is 0.675. The van der Waals surface area contributed by atoms with E-state index in [0.717, 1.165) is 12.1 Å². The lowest BCUT2D eigenvalue weighted by atomic mass is 10.2. The van der Waals surface area contributed by atoms with Crippen molar-refractivity contribution in [1.29, 1.82) is 0 Å². The van der Waals surface area contributed by atoms with Crippen molar-refractivity contribution in [2.45, 2.75) is 6.18 Å². The molecule has 21 heavy (non-hydrogen) atoms. The number of hydrogen-bond donors (Lipinski definition) is 3. The molecule has 2 heterocycles. The Morgan fingerprint density at radius 3 is 2.48 bits per heavy atom. The third kappa shape index (κ3) is 2.57. The van der Waals surface area contributed by atoms with E-state index in [1.165, 1.54) is 18.5 Å². The van der Waals surface area contributed by atoms with E-state index in [0.29, 0.717) is 16.9 Å². The minimum atomic E-state index is -4.37. The maximum Gasteiger partial charge on any atom is 0.416 e. The molecule has 0 amide bonds. The van der Waals surface area contributed by atoms with E-state index in [-0.39, 0.29) is 11.8 Å². The number of alkyl halides is 3. The Morgan fingerprint density at radius 1 is 1.10 bits per heavy atom. The lowest BCUT2D eigenvalue weighted by molar-refractivity contribution is -0.137. The van der Waals surface area contributed by atoms with Crippen molar-refractivity contribution in [1.82, 2.24) is 19.9 Å². The standard InChI is InChI=1S/C12H9F3N6/c13-12(14,15)6-1-3-7(4-2-6)19-11-20-9(16)8-10(21-11)18-5-17-8/h1-5H,(H4,16,17,18,19,20,21). The minimum absolute atomic E-state index is 0.159. The highest BCUT2D eigenvalue weighted by Gasteiger charge is 2.29. The van der Waals surface area contributed by atoms with Gasteiger partial charge < -0.3 is 16.0 Å². The van der Waals surface area contributed by atoms with Gasteiger partial charge in [0.15, 0.2) is 11.5 Å². The molecule has 0 saturated carbocycles. The molecular formula is C12H9F3N6. The number of nitrogen functional groups attached to an aromatic ring is 1. The number of rotatable bonds is 2. The van der Waals surface area contributed by atoms with Crippen LogP contribution in [0.2, 0.25) is 0 Å². The van der Waals surface area contributed by atoms with E-state index < -0.39 is 11.7 Å². The highest BCUT2D eigenvalue weighted by atomic mass is 19.4. The number of anilines is 3. The molecule has 0 aliphatic carbocycles. The van der Waals surface area contributed by atoms with Gasteiger partial charge >= 0.3 is 6.18 Å². The van der Waals surface area contributed by atoms with E-state index in [2.05, 4.69) is 25.3 Å². The van der Waals surface area contributed by atoms with Crippen LogP contribution in [0.15, 0.2) is 30.6 Å². The van der Waals surface area contributed by atoms with Crippen LogP contribution in [0, 0.1) is 0 Å². The molecule has 1 aromatic carbocycles. The van der Waals surface area contributed by atoms with Crippen LogP contribution >= 0.6 is 0 Å². The molecule has 2 aromatic heterocycles. The predicted octanol–water partition coefficient (Wildman–Crippen LogP) is 2.70. The summed E-state index contributed by atoms with van der Waals surface area (Å²) in [5.41, 5.74) is 6.29. The summed E-state index contributed by atoms with van der Waals surface area (Å²) < 4.78 is 37.4. The molecule has 0 unspecified atom stereocenters. The summed E-state index contributed by atoms with van der Waals surface area (Å²) in [6.45, 7) is 0. The van der Waals surface area contributed by atoms with Gasteiger partial charge in [0, 0.05) is 5.69 Å². The van der Waals surface area contributed by atoms with Crippen LogP contribution < -0.4 is 11.1 Å². The number of nitrogens with one attached hydrogen (secondary N) is 2. The fourth-order valence-electron chi connectivity index (χ4n) is 1.78. The second-order valence-electron chi connectivity index (χ2n) is 4.23. The Labute approximate surface area is 116 Å². The predicted molar refractivity (Wildman–Crippen MR) is 70.8 cm³/mol. The molecule has 108 valence electrons. The largest absolute Gasteiger partial charge is 0.416 e. The molecule has 6 nitrogen and oxygen atoms in total. The van der Waals surface area contributed by atoms with Crippen molar-refractivity contribution >= 4 is 28.6 Å². The van der Waals surface area contributed by atoms with Gasteiger partial charge in [-0.2, -0.15) is 23.1 Å². The van der Waals surface area contributed by atoms with Gasteiger partial charge in [0.25, 0.3) is 0 Å². The zero-order valence-corrected chi connectivity index (χ0v) is 10.4. The molecule has 0 bridgehead atoms. The Morgan fingerprint density at radius 2 is 1.81 bits per heavy atom. The summed E-state index contributed by atoms with van der Waals surface area (Å²) in [7, 11) is 0. The second-order valence-corrected chi connectivity index (χ2v) is 4.23. The molecule has 4 N–H and O–H groups in total. The van der Waals surface area contributed by atoms with E-state index >= 15 is 0 Å². The molecule has 0 spiro atoms. The fraction of sp³-hybridized carbons (Fsp3) is 0.0833. The molecule has 0 fully saturated rings. The number of nitrogens with zero attached hydrogens (tertiary/aromatic N) is 3. The number of aromatic amines is 1. The van der Waals surface area contributed by atoms with Gasteiger partial charge in [0.1, 0.15) is 5.52 Å². The zero-order valence-electron chi connectivity index (χ0n) is 10.4. The number of benzene rings is 1. The fourth-order valence-corrected chi connectivity index (χ4v) is 1.78. The number of hydrogen-bond acceptors (Lipinski definition) is 5. The summed E-state index contributed by atoms with van der Waals surface area (Å²) in [6, 6.07) is 4.52. The number of fused-ring (bicyclic) bond motifs is 1. The molecular weight excluding hydrogens is 285 g/mol. The smallest absolute Gasteiger partial charge is 0.382 e. The molecule has 9 heteroatoms. The SMILES string of the molecule is Nc1nc(Nc2ccc(C(F)(F)F)cc2)nc2nc[nH]c12. The van der Waals surface area contributed by atoms with Gasteiger partial charge in [-0.15, -0.1) is 0 Å². The lowest BCUT2D eigenvalue weighted by Crippen LogP contribution is -2.05. The van der Waals surface area contributed by atoms with Gasteiger partial charge in [-0.05, 0) is 24.3 Å². The second kappa shape index (κ2) is 4.62. The molecule has 3 aromatic rings. The van der Waals surface area contributed by atoms with E-state index in [4.69, 9.17) is 5.73 Å². The highest BCUT2D eigenvalue weighted by molar-refractivity contribution is 5.82. The van der Waals surface area contributed by atoms with Crippen LogP contribution in [-0.2, 0) is 6.18 Å². The van der Waals surface area contributed by atoms with Gasteiger partial charge in [0.05, 0.1) is 11.9 Å². The van der Waals surface area contributed by atoms with E-state index in [1.807, 2.05) is 0 Å². The minimum Gasteiger partial charge on any atom is -0.382 e. The summed E-state index contributed by atoms with van der Waals surface area (Å²) in [5, 5.41) is 2.78. The molecule has 0 aliphatic heterocycles. The van der Waals surface area contributed by atoms with Crippen molar-refractivity contribution in [3.8, 4) is 0 Å². The number of aromatic nitrogens is 4. The van der Waals surface area contributed by atoms with Gasteiger partial charge in [-0.3, -0.25) is 0 Å². The van der Waals surface area contributed by atoms with Crippen LogP contribution in [0.5, 0.6) is 0 Å². The number of nitrogens with two attached hydrogens (primary N) is 1. The Kier molecular flexibility index (Phi) is 2.89. The Bertz CT molecular complexity index is 778. The third-order valence-electron chi connectivity index (χ3n) is 2.78. The van der Waals surface area contributed by atoms with Crippen molar-refractivity contribution in [3.05, 3.63) is 36.2 Å². The van der Waals surface area contributed by atoms with E-state index in [9.17, 15) is 13.2 Å². The molecule has 0 saturated heterocycles. The summed E-state index contributed by atoms with van der Waals surface area (Å²) in [4.78, 5) is 14.8. The first kappa shape index (κ1) is 13.2. The lowest BCUT2D eigenvalue weighted by Gasteiger charge is -2.09. The topological polar surface area (TPSA) is 92.5 Å². The maximum atomic E-state index is 12.5. The van der Waals surface area contributed by atoms with Crippen LogP contribution in [0.3, 0.4) is 0 Å². The Balaban J connectivity index is 1.88. The van der Waals surface area contributed by atoms with Gasteiger partial charge in [-0.25, -0.2) is 4.98 Å². The molecule has 0 aliphatic rings. The van der Waals surface area contributed by atoms with Gasteiger partial charge in [-0.1, -0.05) is 0 Å². The normalized spacial score (nSPS) is 11.8. The number of halogens is 3.